The summed E-state index contributed by atoms with van der Waals surface area (Å²) >= 11 is 5.42. The molecule has 1 aromatic rings. The van der Waals surface area contributed by atoms with Crippen molar-refractivity contribution in [2.45, 2.75) is 4.90 Å². The van der Waals surface area contributed by atoms with E-state index in [-0.39, 0.29) is 59.1 Å². The van der Waals surface area contributed by atoms with Crippen LogP contribution in [-0.4, -0.2) is 18.9 Å². The zero-order valence-electron chi connectivity index (χ0n) is 9.06. The van der Waals surface area contributed by atoms with Crippen molar-refractivity contribution in [1.82, 2.24) is 0 Å². The van der Waals surface area contributed by atoms with Crippen molar-refractivity contribution >= 4 is 33.4 Å². The van der Waals surface area contributed by atoms with Gasteiger partial charge in [-0.2, -0.15) is 0 Å². The summed E-state index contributed by atoms with van der Waals surface area (Å²) < 4.78 is 31.9. The molecule has 0 unspecified atom stereocenters. The van der Waals surface area contributed by atoms with Gasteiger partial charge in [0.05, 0.1) is 15.9 Å². The van der Waals surface area contributed by atoms with Gasteiger partial charge in [-0.3, -0.25) is 0 Å². The first-order valence-corrected chi connectivity index (χ1v) is 5.28. The third kappa shape index (κ3) is 5.06. The first kappa shape index (κ1) is 20.0. The normalized spacial score (nSPS) is 10.0. The zero-order valence-corrected chi connectivity index (χ0v) is 14.6. The predicted molar refractivity (Wildman–Crippen MR) is 48.2 cm³/mol. The van der Waals surface area contributed by atoms with E-state index in [1.165, 1.54) is 0 Å². The standard InChI is InChI=1S/C7H6ClNO5S.2Na/c8-4-2-6(15(12,13)14)5(9)1-3(4)7(10)11;;/h1-2H,9H2,(H,10,11)(H,12,13,14);;/q;2*+1/p-2. The number of hydrogen-bond acceptors (Lipinski definition) is 6. The largest absolute Gasteiger partial charge is 1.00 e. The number of nitrogens with two attached hydrogens (primary N) is 1. The van der Waals surface area contributed by atoms with E-state index in [9.17, 15) is 22.9 Å². The summed E-state index contributed by atoms with van der Waals surface area (Å²) in [7, 11) is -4.77. The summed E-state index contributed by atoms with van der Waals surface area (Å²) in [4.78, 5) is 9.70. The maximum atomic E-state index is 10.6. The molecule has 0 aromatic heterocycles. The number of benzene rings is 1. The fourth-order valence-electron chi connectivity index (χ4n) is 0.945. The Kier molecular flexibility index (Phi) is 8.62. The zero-order chi connectivity index (χ0) is 11.8. The minimum absolute atomic E-state index is 0. The summed E-state index contributed by atoms with van der Waals surface area (Å²) in [6, 6.07) is 1.45. The van der Waals surface area contributed by atoms with Gasteiger partial charge in [0, 0.05) is 11.3 Å². The molecular formula is C7H4ClNNa2O5S. The van der Waals surface area contributed by atoms with Crippen LogP contribution in [0.4, 0.5) is 5.69 Å². The number of carboxylic acids is 1. The van der Waals surface area contributed by atoms with E-state index in [0.29, 0.717) is 6.07 Å². The van der Waals surface area contributed by atoms with Crippen molar-refractivity contribution in [2.75, 3.05) is 5.73 Å². The Labute approximate surface area is 147 Å². The minimum Gasteiger partial charge on any atom is -0.744 e. The molecule has 0 saturated heterocycles. The van der Waals surface area contributed by atoms with Crippen LogP contribution in [0.2, 0.25) is 5.02 Å². The van der Waals surface area contributed by atoms with Crippen LogP contribution < -0.4 is 70.0 Å². The molecular weight excluding hydrogens is 292 g/mol. The fraction of sp³-hybridized carbons (Fsp3) is 0. The number of carbonyl (C=O) groups excluding carboxylic acids is 1. The summed E-state index contributed by atoms with van der Waals surface area (Å²) in [6.07, 6.45) is 0. The van der Waals surface area contributed by atoms with Crippen LogP contribution >= 0.6 is 11.6 Å². The third-order valence-electron chi connectivity index (χ3n) is 1.59. The Bertz CT molecular complexity index is 533. The Hall–Kier alpha value is 0.690. The quantitative estimate of drug-likeness (QED) is 0.329. The average Bonchev–Trinajstić information content (AvgIpc) is 2.06. The van der Waals surface area contributed by atoms with Gasteiger partial charge in [-0.15, -0.1) is 0 Å². The first-order valence-electron chi connectivity index (χ1n) is 3.49. The molecule has 0 atom stereocenters. The van der Waals surface area contributed by atoms with Crippen molar-refractivity contribution in [1.29, 1.82) is 0 Å². The molecule has 0 radical (unpaired) electrons. The van der Waals surface area contributed by atoms with Crippen molar-refractivity contribution in [3.8, 4) is 0 Å². The summed E-state index contributed by atoms with van der Waals surface area (Å²) in [5.41, 5.74) is 4.24. The first-order chi connectivity index (χ1) is 6.73. The number of carboxylic acid groups (broad SMARTS) is 1. The van der Waals surface area contributed by atoms with E-state index in [0.717, 1.165) is 6.07 Å². The topological polar surface area (TPSA) is 123 Å². The molecule has 6 nitrogen and oxygen atoms in total. The van der Waals surface area contributed by atoms with E-state index in [1.54, 1.807) is 0 Å². The van der Waals surface area contributed by atoms with E-state index < -0.39 is 37.3 Å². The van der Waals surface area contributed by atoms with Gasteiger partial charge in [-0.1, -0.05) is 11.6 Å². The van der Waals surface area contributed by atoms with Gasteiger partial charge in [0.25, 0.3) is 0 Å². The molecule has 0 fully saturated rings. The molecule has 0 amide bonds. The molecule has 0 heterocycles. The van der Waals surface area contributed by atoms with Crippen LogP contribution in [-0.2, 0) is 10.1 Å². The molecule has 0 saturated carbocycles. The van der Waals surface area contributed by atoms with E-state index in [4.69, 9.17) is 17.3 Å². The second-order valence-corrected chi connectivity index (χ2v) is 4.37. The molecule has 2 N–H and O–H groups in total. The number of nitrogen functional groups attached to an aromatic ring is 1. The fourth-order valence-corrected chi connectivity index (χ4v) is 1.86. The van der Waals surface area contributed by atoms with E-state index in [2.05, 4.69) is 0 Å². The van der Waals surface area contributed by atoms with Gasteiger partial charge >= 0.3 is 59.1 Å². The maximum absolute atomic E-state index is 10.6. The monoisotopic (exact) mass is 295 g/mol. The third-order valence-corrected chi connectivity index (χ3v) is 2.79. The Morgan fingerprint density at radius 1 is 1.29 bits per heavy atom. The van der Waals surface area contributed by atoms with Crippen LogP contribution in [0.1, 0.15) is 10.4 Å². The van der Waals surface area contributed by atoms with Gasteiger partial charge in [0.15, 0.2) is 0 Å². The van der Waals surface area contributed by atoms with Crippen LogP contribution in [0.15, 0.2) is 17.0 Å². The Morgan fingerprint density at radius 3 is 2.12 bits per heavy atom. The molecule has 17 heavy (non-hydrogen) atoms. The molecule has 0 aliphatic carbocycles. The number of rotatable bonds is 2. The van der Waals surface area contributed by atoms with Crippen LogP contribution in [0, 0.1) is 0 Å². The van der Waals surface area contributed by atoms with Crippen molar-refractivity contribution in [2.24, 2.45) is 0 Å². The molecule has 10 heteroatoms. The van der Waals surface area contributed by atoms with Gasteiger partial charge in [0.2, 0.25) is 0 Å². The summed E-state index contributed by atoms with van der Waals surface area (Å²) in [5, 5.41) is 10.0. The number of hydrogen-bond donors (Lipinski definition) is 1. The minimum atomic E-state index is -4.77. The van der Waals surface area contributed by atoms with Crippen molar-refractivity contribution < 1.29 is 82.0 Å². The number of anilines is 1. The molecule has 0 spiro atoms. The molecule has 82 valence electrons. The average molecular weight is 296 g/mol. The second kappa shape index (κ2) is 7.32. The van der Waals surface area contributed by atoms with Crippen LogP contribution in [0.3, 0.4) is 0 Å². The predicted octanol–water partition coefficient (Wildman–Crippen LogP) is -6.80. The van der Waals surface area contributed by atoms with Gasteiger partial charge in [-0.05, 0) is 12.1 Å². The maximum Gasteiger partial charge on any atom is 1.00 e. The summed E-state index contributed by atoms with van der Waals surface area (Å²) in [5.74, 6) is -1.61. The number of aromatic carboxylic acids is 1. The van der Waals surface area contributed by atoms with Gasteiger partial charge in [0.1, 0.15) is 10.1 Å². The Morgan fingerprint density at radius 2 is 1.76 bits per heavy atom. The molecule has 1 aromatic carbocycles. The smallest absolute Gasteiger partial charge is 0.744 e. The van der Waals surface area contributed by atoms with E-state index in [1.807, 2.05) is 0 Å². The number of halogens is 1. The number of carbonyl (C=O) groups is 1. The molecule has 0 aliphatic heterocycles. The van der Waals surface area contributed by atoms with Crippen molar-refractivity contribution in [3.63, 3.8) is 0 Å². The molecule has 0 aliphatic rings. The van der Waals surface area contributed by atoms with E-state index >= 15 is 0 Å². The van der Waals surface area contributed by atoms with Crippen molar-refractivity contribution in [3.05, 3.63) is 22.7 Å². The molecule has 1 rings (SSSR count). The summed E-state index contributed by atoms with van der Waals surface area (Å²) in [6.45, 7) is 0. The Balaban J connectivity index is 0. The van der Waals surface area contributed by atoms with Crippen LogP contribution in [0.5, 0.6) is 0 Å². The van der Waals surface area contributed by atoms with Gasteiger partial charge < -0.3 is 20.2 Å². The second-order valence-electron chi connectivity index (χ2n) is 2.61. The van der Waals surface area contributed by atoms with Crippen LogP contribution in [0.25, 0.3) is 0 Å². The van der Waals surface area contributed by atoms with Gasteiger partial charge in [-0.25, -0.2) is 8.42 Å². The SMILES string of the molecule is Nc1cc(C(=O)[O-])c(Cl)cc1S(=O)(=O)[O-].[Na+].[Na+]. The molecule has 0 bridgehead atoms.